The summed E-state index contributed by atoms with van der Waals surface area (Å²) in [6, 6.07) is -0.632. The number of aliphatic hydroxyl groups is 2. The SMILES string of the molecule is CCCCCCCC/C=C\CCCCCCCC(=O)OCCCCCCCCCCCCC/C=C\CCCCCCCCCC(=O)NC(CO)C(O)/C=C/CCCCCCCCCCCCC. The number of allylic oxidation sites excluding steroid dienone is 5. The maximum atomic E-state index is 12.4. The van der Waals surface area contributed by atoms with Crippen molar-refractivity contribution in [1.29, 1.82) is 0 Å². The van der Waals surface area contributed by atoms with E-state index in [-0.39, 0.29) is 18.5 Å². The lowest BCUT2D eigenvalue weighted by molar-refractivity contribution is -0.143. The standard InChI is InChI=1S/C61H115NO5/c1-3-5-7-9-11-13-15-17-26-31-35-39-43-47-51-55-61(66)67-56-52-48-44-40-36-32-28-25-23-21-19-18-20-22-24-27-30-34-38-42-46-50-54-60(65)62-58(57-63)59(64)53-49-45-41-37-33-29-16-14-12-10-8-6-4-2/h17,20,22,26,49,53,58-59,63-64H,3-16,18-19,21,23-25,27-48,50-52,54-57H2,1-2H3,(H,62,65)/b22-20-,26-17-,53-49+. The van der Waals surface area contributed by atoms with E-state index in [1.165, 1.54) is 238 Å². The number of hydrogen-bond acceptors (Lipinski definition) is 5. The van der Waals surface area contributed by atoms with Crippen molar-refractivity contribution in [2.75, 3.05) is 13.2 Å². The van der Waals surface area contributed by atoms with E-state index in [0.29, 0.717) is 19.4 Å². The van der Waals surface area contributed by atoms with Gasteiger partial charge in [0.15, 0.2) is 0 Å². The average Bonchev–Trinajstić information content (AvgIpc) is 3.33. The predicted octanol–water partition coefficient (Wildman–Crippen LogP) is 18.4. The molecule has 6 heteroatoms. The summed E-state index contributed by atoms with van der Waals surface area (Å²) >= 11 is 0. The molecule has 0 aliphatic carbocycles. The van der Waals surface area contributed by atoms with Crippen LogP contribution in [0.4, 0.5) is 0 Å². The lowest BCUT2D eigenvalue weighted by Crippen LogP contribution is -2.45. The van der Waals surface area contributed by atoms with Crippen LogP contribution in [0.15, 0.2) is 36.5 Å². The van der Waals surface area contributed by atoms with E-state index in [9.17, 15) is 19.8 Å². The van der Waals surface area contributed by atoms with Crippen LogP contribution in [0.1, 0.15) is 316 Å². The highest BCUT2D eigenvalue weighted by molar-refractivity contribution is 5.76. The first-order valence-electron chi connectivity index (χ1n) is 29.8. The first-order chi connectivity index (χ1) is 33.0. The molecule has 0 saturated heterocycles. The number of rotatable bonds is 55. The monoisotopic (exact) mass is 942 g/mol. The molecule has 0 saturated carbocycles. The molecule has 0 rings (SSSR count). The lowest BCUT2D eigenvalue weighted by Gasteiger charge is -2.20. The molecule has 1 amide bonds. The van der Waals surface area contributed by atoms with Gasteiger partial charge < -0.3 is 20.3 Å². The zero-order valence-electron chi connectivity index (χ0n) is 44.9. The number of amides is 1. The normalized spacial score (nSPS) is 12.8. The summed E-state index contributed by atoms with van der Waals surface area (Å²) in [5.41, 5.74) is 0. The molecule has 0 heterocycles. The van der Waals surface area contributed by atoms with E-state index in [1.807, 2.05) is 6.08 Å². The first-order valence-corrected chi connectivity index (χ1v) is 29.8. The van der Waals surface area contributed by atoms with Crippen LogP contribution in [0.25, 0.3) is 0 Å². The number of hydrogen-bond donors (Lipinski definition) is 3. The Kier molecular flexibility index (Phi) is 55.0. The molecule has 0 radical (unpaired) electrons. The molecule has 0 aromatic heterocycles. The van der Waals surface area contributed by atoms with E-state index in [4.69, 9.17) is 4.74 Å². The van der Waals surface area contributed by atoms with Gasteiger partial charge in [0.25, 0.3) is 0 Å². The molecule has 0 aliphatic heterocycles. The van der Waals surface area contributed by atoms with Gasteiger partial charge in [-0.1, -0.05) is 256 Å². The van der Waals surface area contributed by atoms with Crippen molar-refractivity contribution in [1.82, 2.24) is 5.32 Å². The number of carbonyl (C=O) groups is 2. The van der Waals surface area contributed by atoms with E-state index < -0.39 is 12.1 Å². The van der Waals surface area contributed by atoms with Gasteiger partial charge in [-0.2, -0.15) is 0 Å². The molecule has 67 heavy (non-hydrogen) atoms. The van der Waals surface area contributed by atoms with E-state index >= 15 is 0 Å². The lowest BCUT2D eigenvalue weighted by atomic mass is 10.0. The average molecular weight is 943 g/mol. The Bertz CT molecular complexity index is 1090. The fourth-order valence-electron chi connectivity index (χ4n) is 9.03. The maximum absolute atomic E-state index is 12.4. The summed E-state index contributed by atoms with van der Waals surface area (Å²) in [5.74, 6) is -0.0740. The van der Waals surface area contributed by atoms with Gasteiger partial charge in [-0.05, 0) is 83.5 Å². The summed E-state index contributed by atoms with van der Waals surface area (Å²) < 4.78 is 5.48. The predicted molar refractivity (Wildman–Crippen MR) is 292 cm³/mol. The van der Waals surface area contributed by atoms with Crippen molar-refractivity contribution >= 4 is 11.9 Å². The van der Waals surface area contributed by atoms with Gasteiger partial charge in [0.1, 0.15) is 0 Å². The third kappa shape index (κ3) is 53.3. The molecule has 0 aromatic rings. The van der Waals surface area contributed by atoms with Crippen molar-refractivity contribution in [2.24, 2.45) is 0 Å². The zero-order chi connectivity index (χ0) is 48.6. The number of ether oxygens (including phenoxy) is 1. The van der Waals surface area contributed by atoms with Crippen LogP contribution in [0, 0.1) is 0 Å². The summed E-state index contributed by atoms with van der Waals surface area (Å²) in [4.78, 5) is 24.5. The van der Waals surface area contributed by atoms with Crippen LogP contribution in [-0.4, -0.2) is 47.4 Å². The maximum Gasteiger partial charge on any atom is 0.305 e. The van der Waals surface area contributed by atoms with Crippen molar-refractivity contribution in [2.45, 2.75) is 328 Å². The molecular formula is C61H115NO5. The minimum Gasteiger partial charge on any atom is -0.466 e. The molecular weight excluding hydrogens is 827 g/mol. The molecule has 0 bridgehead atoms. The largest absolute Gasteiger partial charge is 0.466 e. The van der Waals surface area contributed by atoms with Crippen LogP contribution < -0.4 is 5.32 Å². The van der Waals surface area contributed by atoms with Crippen molar-refractivity contribution in [3.8, 4) is 0 Å². The molecule has 2 atom stereocenters. The van der Waals surface area contributed by atoms with Gasteiger partial charge in [-0.15, -0.1) is 0 Å². The topological polar surface area (TPSA) is 95.9 Å². The summed E-state index contributed by atoms with van der Waals surface area (Å²) in [5, 5.41) is 23.1. The highest BCUT2D eigenvalue weighted by Gasteiger charge is 2.18. The Morgan fingerprint density at radius 2 is 0.701 bits per heavy atom. The smallest absolute Gasteiger partial charge is 0.305 e. The molecule has 0 aromatic carbocycles. The third-order valence-corrected chi connectivity index (χ3v) is 13.6. The third-order valence-electron chi connectivity index (χ3n) is 13.6. The highest BCUT2D eigenvalue weighted by Crippen LogP contribution is 2.16. The molecule has 2 unspecified atom stereocenters. The number of carbonyl (C=O) groups excluding carboxylic acids is 2. The van der Waals surface area contributed by atoms with E-state index in [1.54, 1.807) is 6.08 Å². The molecule has 0 fully saturated rings. The molecule has 0 aliphatic rings. The number of aliphatic hydroxyl groups excluding tert-OH is 2. The van der Waals surface area contributed by atoms with Crippen LogP contribution in [0.5, 0.6) is 0 Å². The van der Waals surface area contributed by atoms with Gasteiger partial charge in [-0.3, -0.25) is 9.59 Å². The van der Waals surface area contributed by atoms with Gasteiger partial charge in [0, 0.05) is 12.8 Å². The number of unbranched alkanes of at least 4 members (excludes halogenated alkanes) is 40. The minimum absolute atomic E-state index is 0.00123. The van der Waals surface area contributed by atoms with Crippen molar-refractivity contribution < 1.29 is 24.5 Å². The fourth-order valence-corrected chi connectivity index (χ4v) is 9.03. The summed E-state index contributed by atoms with van der Waals surface area (Å²) in [7, 11) is 0. The first kappa shape index (κ1) is 65.1. The van der Waals surface area contributed by atoms with Crippen LogP contribution in [-0.2, 0) is 14.3 Å². The Morgan fingerprint density at radius 1 is 0.403 bits per heavy atom. The van der Waals surface area contributed by atoms with Gasteiger partial charge in [0.05, 0.1) is 25.4 Å². The molecule has 6 nitrogen and oxygen atoms in total. The fraction of sp³-hybridized carbons (Fsp3) is 0.869. The van der Waals surface area contributed by atoms with Crippen LogP contribution in [0.3, 0.4) is 0 Å². The van der Waals surface area contributed by atoms with Gasteiger partial charge >= 0.3 is 5.97 Å². The Balaban J connectivity index is 3.43. The van der Waals surface area contributed by atoms with Crippen molar-refractivity contribution in [3.63, 3.8) is 0 Å². The van der Waals surface area contributed by atoms with E-state index in [2.05, 4.69) is 43.5 Å². The minimum atomic E-state index is -0.848. The Morgan fingerprint density at radius 3 is 1.06 bits per heavy atom. The zero-order valence-corrected chi connectivity index (χ0v) is 44.9. The number of nitrogens with one attached hydrogen (secondary N) is 1. The highest BCUT2D eigenvalue weighted by atomic mass is 16.5. The second-order valence-electron chi connectivity index (χ2n) is 20.3. The van der Waals surface area contributed by atoms with Crippen LogP contribution in [0.2, 0.25) is 0 Å². The second kappa shape index (κ2) is 56.7. The van der Waals surface area contributed by atoms with Gasteiger partial charge in [0.2, 0.25) is 5.91 Å². The molecule has 0 spiro atoms. The molecule has 394 valence electrons. The van der Waals surface area contributed by atoms with Crippen LogP contribution >= 0.6 is 0 Å². The Labute approximate surface area is 417 Å². The molecule has 3 N–H and O–H groups in total. The summed E-state index contributed by atoms with van der Waals surface area (Å²) in [6.45, 7) is 4.89. The second-order valence-corrected chi connectivity index (χ2v) is 20.3. The Hall–Kier alpha value is -1.92. The summed E-state index contributed by atoms with van der Waals surface area (Å²) in [6.07, 6.45) is 70.3. The number of esters is 1. The van der Waals surface area contributed by atoms with Crippen molar-refractivity contribution in [3.05, 3.63) is 36.5 Å². The quantitative estimate of drug-likeness (QED) is 0.0321. The van der Waals surface area contributed by atoms with Gasteiger partial charge in [-0.25, -0.2) is 0 Å². The van der Waals surface area contributed by atoms with E-state index in [0.717, 1.165) is 51.4 Å².